The highest BCUT2D eigenvalue weighted by Crippen LogP contribution is 2.30. The van der Waals surface area contributed by atoms with Crippen molar-refractivity contribution in [3.8, 4) is 0 Å². The Morgan fingerprint density at radius 2 is 2.00 bits per heavy atom. The van der Waals surface area contributed by atoms with Crippen molar-refractivity contribution >= 4 is 5.69 Å². The van der Waals surface area contributed by atoms with Gasteiger partial charge in [0.25, 0.3) is 0 Å². The lowest BCUT2D eigenvalue weighted by atomic mass is 9.93. The average Bonchev–Trinajstić information content (AvgIpc) is 2.65. The van der Waals surface area contributed by atoms with E-state index in [1.54, 1.807) is 0 Å². The van der Waals surface area contributed by atoms with Gasteiger partial charge >= 0.3 is 0 Å². The molecule has 0 bridgehead atoms. The molecule has 106 valence electrons. The number of anilines is 1. The number of nitrogens with zero attached hydrogens (tertiary/aromatic N) is 1. The number of hydrogen-bond donors (Lipinski definition) is 1. The van der Waals surface area contributed by atoms with E-state index < -0.39 is 0 Å². The van der Waals surface area contributed by atoms with Crippen molar-refractivity contribution in [2.75, 3.05) is 18.0 Å². The molecule has 2 nitrogen and oxygen atoms in total. The van der Waals surface area contributed by atoms with Crippen LogP contribution in [0, 0.1) is 12.8 Å². The van der Waals surface area contributed by atoms with Crippen LogP contribution in [0.25, 0.3) is 0 Å². The third-order valence-corrected chi connectivity index (χ3v) is 4.50. The minimum absolute atomic E-state index is 0.624. The Balaban J connectivity index is 2.23. The molecule has 1 aromatic rings. The van der Waals surface area contributed by atoms with Crippen molar-refractivity contribution in [1.82, 2.24) is 0 Å². The van der Waals surface area contributed by atoms with Gasteiger partial charge in [0, 0.05) is 18.3 Å². The van der Waals surface area contributed by atoms with Gasteiger partial charge in [0.1, 0.15) is 0 Å². The second kappa shape index (κ2) is 6.95. The third-order valence-electron chi connectivity index (χ3n) is 4.50. The lowest BCUT2D eigenvalue weighted by molar-refractivity contribution is 0.384. The summed E-state index contributed by atoms with van der Waals surface area (Å²) in [5, 5.41) is 0. The first-order chi connectivity index (χ1) is 9.26. The van der Waals surface area contributed by atoms with E-state index in [1.807, 2.05) is 0 Å². The lowest BCUT2D eigenvalue weighted by Gasteiger charge is -2.37. The molecule has 1 fully saturated rings. The second-order valence-corrected chi connectivity index (χ2v) is 5.83. The maximum absolute atomic E-state index is 6.04. The minimum atomic E-state index is 0.624. The first-order valence-corrected chi connectivity index (χ1v) is 7.79. The van der Waals surface area contributed by atoms with E-state index in [-0.39, 0.29) is 0 Å². The highest BCUT2D eigenvalue weighted by Gasteiger charge is 2.27. The molecular formula is C17H28N2. The van der Waals surface area contributed by atoms with Crippen molar-refractivity contribution in [3.63, 3.8) is 0 Å². The van der Waals surface area contributed by atoms with Crippen LogP contribution < -0.4 is 10.6 Å². The molecule has 0 spiro atoms. The van der Waals surface area contributed by atoms with Gasteiger partial charge in [-0.05, 0) is 56.8 Å². The fourth-order valence-corrected chi connectivity index (χ4v) is 3.47. The molecule has 2 atom stereocenters. The number of aryl methyl sites for hydroxylation is 1. The van der Waals surface area contributed by atoms with E-state index in [1.165, 1.54) is 43.4 Å². The predicted molar refractivity (Wildman–Crippen MR) is 83.6 cm³/mol. The molecule has 0 radical (unpaired) electrons. The van der Waals surface area contributed by atoms with E-state index in [0.29, 0.717) is 12.0 Å². The fraction of sp³-hybridized carbons (Fsp3) is 0.647. The quantitative estimate of drug-likeness (QED) is 0.836. The Labute approximate surface area is 118 Å². The van der Waals surface area contributed by atoms with Crippen molar-refractivity contribution < 1.29 is 0 Å². The molecule has 19 heavy (non-hydrogen) atoms. The third kappa shape index (κ3) is 3.50. The lowest BCUT2D eigenvalue weighted by Crippen LogP contribution is -2.43. The van der Waals surface area contributed by atoms with Gasteiger partial charge < -0.3 is 10.6 Å². The molecule has 1 saturated carbocycles. The summed E-state index contributed by atoms with van der Waals surface area (Å²) in [6.45, 7) is 6.34. The predicted octanol–water partition coefficient (Wildman–Crippen LogP) is 3.73. The molecule has 0 saturated heterocycles. The topological polar surface area (TPSA) is 29.3 Å². The zero-order valence-corrected chi connectivity index (χ0v) is 12.4. The zero-order chi connectivity index (χ0) is 13.7. The summed E-state index contributed by atoms with van der Waals surface area (Å²) < 4.78 is 0. The standard InChI is InChI=1S/C17H28N2/c1-3-19(16-10-7-8-14(2)12-16)17-11-6-4-5-9-15(17)13-18/h7-8,10,12,15,17H,3-6,9,11,13,18H2,1-2H3. The van der Waals surface area contributed by atoms with Gasteiger partial charge in [-0.25, -0.2) is 0 Å². The van der Waals surface area contributed by atoms with E-state index in [4.69, 9.17) is 5.73 Å². The molecule has 2 heteroatoms. The molecule has 0 aromatic heterocycles. The van der Waals surface area contributed by atoms with Crippen LogP contribution in [0.3, 0.4) is 0 Å². The van der Waals surface area contributed by atoms with Gasteiger partial charge in [0.2, 0.25) is 0 Å². The largest absolute Gasteiger partial charge is 0.368 e. The van der Waals surface area contributed by atoms with Crippen molar-refractivity contribution in [2.45, 2.75) is 52.0 Å². The summed E-state index contributed by atoms with van der Waals surface area (Å²) in [7, 11) is 0. The van der Waals surface area contributed by atoms with Crippen molar-refractivity contribution in [3.05, 3.63) is 29.8 Å². The van der Waals surface area contributed by atoms with Crippen LogP contribution in [-0.2, 0) is 0 Å². The average molecular weight is 260 g/mol. The number of rotatable bonds is 4. The fourth-order valence-electron chi connectivity index (χ4n) is 3.47. The van der Waals surface area contributed by atoms with Gasteiger partial charge in [-0.2, -0.15) is 0 Å². The van der Waals surface area contributed by atoms with E-state index in [9.17, 15) is 0 Å². The smallest absolute Gasteiger partial charge is 0.0371 e. The van der Waals surface area contributed by atoms with Gasteiger partial charge in [0.05, 0.1) is 0 Å². The number of nitrogens with two attached hydrogens (primary N) is 1. The molecule has 1 aliphatic carbocycles. The van der Waals surface area contributed by atoms with Gasteiger partial charge in [0.15, 0.2) is 0 Å². The van der Waals surface area contributed by atoms with Crippen LogP contribution in [0.2, 0.25) is 0 Å². The Hall–Kier alpha value is -1.02. The second-order valence-electron chi connectivity index (χ2n) is 5.83. The van der Waals surface area contributed by atoms with Crippen LogP contribution in [-0.4, -0.2) is 19.1 Å². The highest BCUT2D eigenvalue weighted by atomic mass is 15.2. The maximum Gasteiger partial charge on any atom is 0.0371 e. The molecule has 1 aromatic carbocycles. The maximum atomic E-state index is 6.04. The molecular weight excluding hydrogens is 232 g/mol. The Bertz CT molecular complexity index is 389. The summed E-state index contributed by atoms with van der Waals surface area (Å²) in [6.07, 6.45) is 6.67. The highest BCUT2D eigenvalue weighted by molar-refractivity contribution is 5.49. The van der Waals surface area contributed by atoms with E-state index in [2.05, 4.69) is 43.0 Å². The molecule has 0 amide bonds. The minimum Gasteiger partial charge on any atom is -0.368 e. The number of benzene rings is 1. The summed E-state index contributed by atoms with van der Waals surface area (Å²) in [4.78, 5) is 2.58. The van der Waals surface area contributed by atoms with Gasteiger partial charge in [-0.3, -0.25) is 0 Å². The molecule has 2 N–H and O–H groups in total. The van der Waals surface area contributed by atoms with Crippen LogP contribution in [0.4, 0.5) is 5.69 Å². The summed E-state index contributed by atoms with van der Waals surface area (Å²) in [5.41, 5.74) is 8.75. The molecule has 1 aliphatic rings. The Kier molecular flexibility index (Phi) is 5.26. The Morgan fingerprint density at radius 3 is 2.68 bits per heavy atom. The summed E-state index contributed by atoms with van der Waals surface area (Å²) >= 11 is 0. The van der Waals surface area contributed by atoms with Crippen LogP contribution in [0.1, 0.15) is 44.6 Å². The molecule has 0 aliphatic heterocycles. The van der Waals surface area contributed by atoms with Crippen molar-refractivity contribution in [1.29, 1.82) is 0 Å². The zero-order valence-electron chi connectivity index (χ0n) is 12.4. The molecule has 2 unspecified atom stereocenters. The van der Waals surface area contributed by atoms with Crippen LogP contribution >= 0.6 is 0 Å². The first kappa shape index (κ1) is 14.4. The normalized spacial score (nSPS) is 23.9. The number of hydrogen-bond acceptors (Lipinski definition) is 2. The van der Waals surface area contributed by atoms with Crippen LogP contribution in [0.5, 0.6) is 0 Å². The summed E-state index contributed by atoms with van der Waals surface area (Å²) in [5.74, 6) is 0.656. The van der Waals surface area contributed by atoms with Gasteiger partial charge in [-0.15, -0.1) is 0 Å². The Morgan fingerprint density at radius 1 is 1.21 bits per heavy atom. The monoisotopic (exact) mass is 260 g/mol. The van der Waals surface area contributed by atoms with Crippen molar-refractivity contribution in [2.24, 2.45) is 11.7 Å². The molecule has 0 heterocycles. The van der Waals surface area contributed by atoms with E-state index in [0.717, 1.165) is 13.1 Å². The SMILES string of the molecule is CCN(c1cccc(C)c1)C1CCCCCC1CN. The molecule has 2 rings (SSSR count). The van der Waals surface area contributed by atoms with E-state index >= 15 is 0 Å². The van der Waals surface area contributed by atoms with Gasteiger partial charge in [-0.1, -0.05) is 31.4 Å². The summed E-state index contributed by atoms with van der Waals surface area (Å²) in [6, 6.07) is 9.52. The first-order valence-electron chi connectivity index (χ1n) is 7.79. The van der Waals surface area contributed by atoms with Crippen LogP contribution in [0.15, 0.2) is 24.3 Å².